The molecule has 0 spiro atoms. The molecule has 0 saturated carbocycles. The number of ether oxygens (including phenoxy) is 2. The smallest absolute Gasteiger partial charge is 0.335 e. The molecule has 0 fully saturated rings. The Kier molecular flexibility index (Phi) is 6.01. The molecule has 166 valence electrons. The van der Waals surface area contributed by atoms with E-state index in [4.69, 9.17) is 9.47 Å². The van der Waals surface area contributed by atoms with Crippen LogP contribution in [0.3, 0.4) is 0 Å². The number of esters is 2. The van der Waals surface area contributed by atoms with Crippen LogP contribution in [0.1, 0.15) is 39.8 Å². The zero-order valence-corrected chi connectivity index (χ0v) is 18.9. The molecule has 0 aromatic heterocycles. The number of hydrogen-bond donors (Lipinski definition) is 0. The Balaban J connectivity index is 2.05. The number of rotatable bonds is 6. The largest absolute Gasteiger partial charge is 0.423 e. The molecule has 0 bridgehead atoms. The van der Waals surface area contributed by atoms with Gasteiger partial charge in [-0.25, -0.2) is 9.59 Å². The van der Waals surface area contributed by atoms with Crippen molar-refractivity contribution in [2.45, 2.75) is 32.1 Å². The minimum absolute atomic E-state index is 0.471. The minimum Gasteiger partial charge on any atom is -0.423 e. The zero-order chi connectivity index (χ0) is 23.6. The molecule has 0 amide bonds. The van der Waals surface area contributed by atoms with Gasteiger partial charge in [-0.05, 0) is 61.1 Å². The summed E-state index contributed by atoms with van der Waals surface area (Å²) >= 11 is 0. The number of benzene rings is 3. The van der Waals surface area contributed by atoms with Crippen LogP contribution in [0.2, 0.25) is 0 Å². The lowest BCUT2D eigenvalue weighted by Gasteiger charge is -2.34. The molecule has 1 aliphatic carbocycles. The average molecular weight is 439 g/mol. The number of carbonyl (C=O) groups excluding carboxylic acids is 2. The summed E-state index contributed by atoms with van der Waals surface area (Å²) < 4.78 is 11.5. The Morgan fingerprint density at radius 1 is 0.788 bits per heavy atom. The first-order chi connectivity index (χ1) is 15.9. The van der Waals surface area contributed by atoms with E-state index < -0.39 is 17.4 Å². The third-order valence-corrected chi connectivity index (χ3v) is 6.19. The van der Waals surface area contributed by atoms with Crippen LogP contribution >= 0.6 is 0 Å². The Labute approximate surface area is 194 Å². The predicted molar refractivity (Wildman–Crippen MR) is 129 cm³/mol. The van der Waals surface area contributed by atoms with Crippen LogP contribution in [0.5, 0.6) is 11.5 Å². The van der Waals surface area contributed by atoms with Gasteiger partial charge in [0.05, 0.1) is 5.41 Å². The lowest BCUT2D eigenvalue weighted by atomic mass is 9.69. The molecule has 3 aromatic rings. The molecule has 4 rings (SSSR count). The number of hydrogen-bond acceptors (Lipinski definition) is 4. The van der Waals surface area contributed by atoms with Crippen molar-refractivity contribution in [2.24, 2.45) is 0 Å². The fourth-order valence-electron chi connectivity index (χ4n) is 4.75. The van der Waals surface area contributed by atoms with Crippen molar-refractivity contribution in [3.05, 3.63) is 119 Å². The zero-order valence-electron chi connectivity index (χ0n) is 18.9. The molecule has 0 atom stereocenters. The Morgan fingerprint density at radius 3 is 1.82 bits per heavy atom. The maximum absolute atomic E-state index is 12.2. The summed E-state index contributed by atoms with van der Waals surface area (Å²) in [4.78, 5) is 24.4. The quantitative estimate of drug-likeness (QED) is 0.279. The van der Waals surface area contributed by atoms with Gasteiger partial charge >= 0.3 is 11.9 Å². The normalized spacial score (nSPS) is 13.6. The van der Waals surface area contributed by atoms with Gasteiger partial charge in [-0.1, -0.05) is 61.7 Å². The van der Waals surface area contributed by atoms with Gasteiger partial charge in [0.1, 0.15) is 11.5 Å². The van der Waals surface area contributed by atoms with Crippen LogP contribution < -0.4 is 9.47 Å². The molecule has 0 heterocycles. The molecule has 33 heavy (non-hydrogen) atoms. The van der Waals surface area contributed by atoms with Crippen molar-refractivity contribution in [2.75, 3.05) is 0 Å². The Hall–Kier alpha value is -3.92. The molecule has 0 radical (unpaired) electrons. The highest BCUT2D eigenvalue weighted by Crippen LogP contribution is 2.54. The molecular weight excluding hydrogens is 412 g/mol. The van der Waals surface area contributed by atoms with Crippen molar-refractivity contribution < 1.29 is 19.1 Å². The topological polar surface area (TPSA) is 52.6 Å². The van der Waals surface area contributed by atoms with Crippen LogP contribution in [0.4, 0.5) is 0 Å². The van der Waals surface area contributed by atoms with Gasteiger partial charge in [0.2, 0.25) is 0 Å². The highest BCUT2D eigenvalue weighted by molar-refractivity contribution is 5.85. The van der Waals surface area contributed by atoms with Crippen LogP contribution in [0.15, 0.2) is 86.0 Å². The van der Waals surface area contributed by atoms with E-state index in [9.17, 15) is 9.59 Å². The maximum Gasteiger partial charge on any atom is 0.335 e. The molecule has 3 aromatic carbocycles. The Morgan fingerprint density at radius 2 is 1.30 bits per heavy atom. The fraction of sp³-hybridized carbons (Fsp3) is 0.172. The summed E-state index contributed by atoms with van der Waals surface area (Å²) in [7, 11) is 0. The van der Waals surface area contributed by atoms with Crippen molar-refractivity contribution in [1.82, 2.24) is 0 Å². The molecule has 0 N–H and O–H groups in total. The van der Waals surface area contributed by atoms with Crippen molar-refractivity contribution in [3.8, 4) is 11.5 Å². The highest BCUT2D eigenvalue weighted by atomic mass is 16.5. The monoisotopic (exact) mass is 438 g/mol. The van der Waals surface area contributed by atoms with E-state index >= 15 is 0 Å². The second-order valence-electron chi connectivity index (χ2n) is 8.31. The summed E-state index contributed by atoms with van der Waals surface area (Å²) in [5.41, 5.74) is 5.25. The van der Waals surface area contributed by atoms with E-state index in [0.29, 0.717) is 11.5 Å². The summed E-state index contributed by atoms with van der Waals surface area (Å²) in [5.74, 6) is -0.104. The van der Waals surface area contributed by atoms with Crippen molar-refractivity contribution >= 4 is 11.9 Å². The van der Waals surface area contributed by atoms with E-state index in [1.54, 1.807) is 0 Å². The third-order valence-electron chi connectivity index (χ3n) is 6.19. The maximum atomic E-state index is 12.2. The predicted octanol–water partition coefficient (Wildman–Crippen LogP) is 5.77. The first kappa shape index (κ1) is 22.3. The summed E-state index contributed by atoms with van der Waals surface area (Å²) in [5, 5.41) is 0. The van der Waals surface area contributed by atoms with Crippen LogP contribution in [-0.4, -0.2) is 11.9 Å². The van der Waals surface area contributed by atoms with Gasteiger partial charge in [-0.3, -0.25) is 0 Å². The second-order valence-corrected chi connectivity index (χ2v) is 8.31. The summed E-state index contributed by atoms with van der Waals surface area (Å²) in [6.07, 6.45) is 3.88. The van der Waals surface area contributed by atoms with E-state index in [1.165, 1.54) is 5.56 Å². The first-order valence-electron chi connectivity index (χ1n) is 10.9. The molecular formula is C29H26O4. The fourth-order valence-corrected chi connectivity index (χ4v) is 4.75. The Bertz CT molecular complexity index is 1200. The van der Waals surface area contributed by atoms with Gasteiger partial charge in [-0.15, -0.1) is 0 Å². The van der Waals surface area contributed by atoms with Gasteiger partial charge in [0, 0.05) is 23.3 Å². The van der Waals surface area contributed by atoms with Gasteiger partial charge in [0.15, 0.2) is 0 Å². The van der Waals surface area contributed by atoms with Gasteiger partial charge < -0.3 is 9.47 Å². The molecule has 0 saturated heterocycles. The van der Waals surface area contributed by atoms with Crippen molar-refractivity contribution in [1.29, 1.82) is 0 Å². The molecule has 1 aliphatic rings. The van der Waals surface area contributed by atoms with E-state index in [2.05, 4.69) is 25.3 Å². The van der Waals surface area contributed by atoms with Gasteiger partial charge in [0.25, 0.3) is 0 Å². The SMILES string of the molecule is C=CC(=O)Oc1cc(C)ccc1C1(c2ccc(C)cc2OC(=O)C=C)CCc2ccccc21. The van der Waals surface area contributed by atoms with Gasteiger partial charge in [-0.2, -0.15) is 0 Å². The number of aryl methyl sites for hydroxylation is 3. The highest BCUT2D eigenvalue weighted by Gasteiger charge is 2.45. The van der Waals surface area contributed by atoms with Crippen LogP contribution in [0.25, 0.3) is 0 Å². The summed E-state index contributed by atoms with van der Waals surface area (Å²) in [6, 6.07) is 20.0. The molecule has 0 unspecified atom stereocenters. The van der Waals surface area contributed by atoms with E-state index in [0.717, 1.165) is 52.8 Å². The van der Waals surface area contributed by atoms with Crippen LogP contribution in [0, 0.1) is 13.8 Å². The minimum atomic E-state index is -0.675. The van der Waals surface area contributed by atoms with Crippen LogP contribution in [-0.2, 0) is 21.4 Å². The first-order valence-corrected chi connectivity index (χ1v) is 10.9. The number of carbonyl (C=O) groups is 2. The standard InChI is InChI=1S/C29H26O4/c1-5-27(30)32-25-17-19(3)11-13-23(25)29(16-15-21-9-7-8-10-22(21)29)24-14-12-20(4)18-26(24)33-28(31)6-2/h5-14,17-18H,1-2,15-16H2,3-4H3. The summed E-state index contributed by atoms with van der Waals surface area (Å²) in [6.45, 7) is 11.0. The molecule has 4 heteroatoms. The van der Waals surface area contributed by atoms with E-state index in [-0.39, 0.29) is 0 Å². The lowest BCUT2D eigenvalue weighted by molar-refractivity contribution is -0.129. The molecule has 0 aliphatic heterocycles. The van der Waals surface area contributed by atoms with E-state index in [1.807, 2.05) is 62.4 Å². The lowest BCUT2D eigenvalue weighted by Crippen LogP contribution is -2.29. The number of fused-ring (bicyclic) bond motifs is 1. The second kappa shape index (κ2) is 8.91. The van der Waals surface area contributed by atoms with Crippen molar-refractivity contribution in [3.63, 3.8) is 0 Å². The molecule has 4 nitrogen and oxygen atoms in total. The average Bonchev–Trinajstić information content (AvgIpc) is 3.19. The third kappa shape index (κ3) is 4.00.